The van der Waals surface area contributed by atoms with E-state index in [1.54, 1.807) is 25.6 Å². The van der Waals surface area contributed by atoms with Gasteiger partial charge >= 0.3 is 122 Å². The second-order valence-electron chi connectivity index (χ2n) is 5.35. The third kappa shape index (κ3) is 3.21. The zero-order valence-corrected chi connectivity index (χ0v) is 16.0. The summed E-state index contributed by atoms with van der Waals surface area (Å²) in [5.41, 5.74) is 7.87. The van der Waals surface area contributed by atoms with E-state index < -0.39 is 23.2 Å². The van der Waals surface area contributed by atoms with Crippen molar-refractivity contribution < 1.29 is 48.0 Å². The number of allylic oxidation sites excluding steroid dienone is 5. The molecule has 1 atom stereocenters. The minimum atomic E-state index is -0.551. The number of fused-ring (bicyclic) bond motifs is 1. The van der Waals surface area contributed by atoms with E-state index in [0.717, 1.165) is 3.63 Å². The minimum absolute atomic E-state index is 0. The fraction of sp³-hybridized carbons (Fsp3) is 0.294. The Bertz CT molecular complexity index is 597. The van der Waals surface area contributed by atoms with E-state index in [-0.39, 0.29) is 24.8 Å². The topological polar surface area (TPSA) is 0 Å². The van der Waals surface area contributed by atoms with Gasteiger partial charge in [-0.05, 0) is 0 Å². The van der Waals surface area contributed by atoms with Gasteiger partial charge in [-0.15, -0.1) is 0 Å². The summed E-state index contributed by atoms with van der Waals surface area (Å²) in [4.78, 5) is 0. The molecule has 1 aromatic carbocycles. The number of rotatable bonds is 2. The van der Waals surface area contributed by atoms with Gasteiger partial charge in [0.15, 0.2) is 0 Å². The molecule has 1 unspecified atom stereocenters. The quantitative estimate of drug-likeness (QED) is 0.605. The van der Waals surface area contributed by atoms with Crippen LogP contribution < -0.4 is 24.8 Å². The van der Waals surface area contributed by atoms with Crippen molar-refractivity contribution in [1.29, 1.82) is 0 Å². The third-order valence-corrected chi connectivity index (χ3v) is 8.75. The first-order valence-corrected chi connectivity index (χ1v) is 9.22. The van der Waals surface area contributed by atoms with E-state index in [1.807, 2.05) is 0 Å². The van der Waals surface area contributed by atoms with E-state index >= 15 is 0 Å². The summed E-state index contributed by atoms with van der Waals surface area (Å²) < 4.78 is 2.51. The molecule has 3 rings (SSSR count). The van der Waals surface area contributed by atoms with Crippen molar-refractivity contribution in [1.82, 2.24) is 0 Å². The Morgan fingerprint density at radius 1 is 1.00 bits per heavy atom. The molecular weight excluding hydrogens is 366 g/mol. The maximum Gasteiger partial charge on any atom is -1.00 e. The van der Waals surface area contributed by atoms with Gasteiger partial charge in [-0.1, -0.05) is 0 Å². The molecule has 20 heavy (non-hydrogen) atoms. The number of hydrogen-bond acceptors (Lipinski definition) is 0. The van der Waals surface area contributed by atoms with Crippen molar-refractivity contribution in [2.45, 2.75) is 30.8 Å². The van der Waals surface area contributed by atoms with Crippen LogP contribution in [0.4, 0.5) is 0 Å². The molecule has 0 bridgehead atoms. The molecule has 0 heterocycles. The van der Waals surface area contributed by atoms with Gasteiger partial charge < -0.3 is 24.8 Å². The van der Waals surface area contributed by atoms with Crippen molar-refractivity contribution in [2.75, 3.05) is 0 Å². The van der Waals surface area contributed by atoms with Crippen LogP contribution in [0.2, 0.25) is 0 Å². The van der Waals surface area contributed by atoms with Gasteiger partial charge in [-0.2, -0.15) is 0 Å². The Morgan fingerprint density at radius 3 is 2.35 bits per heavy atom. The third-order valence-electron chi connectivity index (χ3n) is 4.07. The van der Waals surface area contributed by atoms with Gasteiger partial charge in [0.2, 0.25) is 0 Å². The first-order chi connectivity index (χ1) is 8.66. The van der Waals surface area contributed by atoms with Crippen LogP contribution in [-0.2, 0) is 23.2 Å². The maximum absolute atomic E-state index is 2.44. The standard InChI is InChI=1S/C9H7.C8H11.2ClH.Zr/c1-2-5-9-7-3-6-8(9)4-1;1-6-4-7(2)8(3)5-6;;;/h1-7H;4H2,1-3H3;2*1H;/q;;;;+2/p-2. The van der Waals surface area contributed by atoms with Crippen molar-refractivity contribution in [3.05, 3.63) is 61.5 Å². The smallest absolute Gasteiger partial charge is 1.00 e. The fourth-order valence-electron chi connectivity index (χ4n) is 2.91. The molecule has 0 aromatic heterocycles. The average molecular weight is 384 g/mol. The Kier molecular flexibility index (Phi) is 6.51. The number of halogens is 2. The summed E-state index contributed by atoms with van der Waals surface area (Å²) in [6.07, 6.45) is 5.98. The summed E-state index contributed by atoms with van der Waals surface area (Å²) in [6.45, 7) is 6.96. The molecule has 0 radical (unpaired) electrons. The molecular formula is C17H18Cl2Zr. The predicted molar refractivity (Wildman–Crippen MR) is 73.9 cm³/mol. The fourth-order valence-corrected chi connectivity index (χ4v) is 7.06. The molecule has 0 nitrogen and oxygen atoms in total. The van der Waals surface area contributed by atoms with E-state index in [9.17, 15) is 0 Å². The summed E-state index contributed by atoms with van der Waals surface area (Å²) in [5, 5.41) is 0. The van der Waals surface area contributed by atoms with Crippen molar-refractivity contribution in [3.8, 4) is 0 Å². The van der Waals surface area contributed by atoms with Crippen LogP contribution in [0.5, 0.6) is 0 Å². The number of hydrogen-bond donors (Lipinski definition) is 0. The van der Waals surface area contributed by atoms with E-state index in [4.69, 9.17) is 0 Å². The van der Waals surface area contributed by atoms with Crippen LogP contribution in [0, 0.1) is 0 Å². The van der Waals surface area contributed by atoms with Gasteiger partial charge in [-0.25, -0.2) is 0 Å². The molecule has 3 heteroatoms. The molecule has 0 fully saturated rings. The predicted octanol–water partition coefficient (Wildman–Crippen LogP) is -1.14. The van der Waals surface area contributed by atoms with Gasteiger partial charge in [0.1, 0.15) is 0 Å². The van der Waals surface area contributed by atoms with Crippen LogP contribution in [0.3, 0.4) is 0 Å². The first-order valence-electron chi connectivity index (χ1n) is 6.57. The first kappa shape index (κ1) is 18.0. The maximum atomic E-state index is 2.44. The van der Waals surface area contributed by atoms with Gasteiger partial charge in [-0.3, -0.25) is 0 Å². The molecule has 0 spiro atoms. The van der Waals surface area contributed by atoms with Crippen molar-refractivity contribution in [3.63, 3.8) is 0 Å². The van der Waals surface area contributed by atoms with Crippen molar-refractivity contribution >= 4 is 6.08 Å². The second kappa shape index (κ2) is 7.25. The van der Waals surface area contributed by atoms with E-state index in [2.05, 4.69) is 57.2 Å². The molecule has 0 aliphatic heterocycles. The monoisotopic (exact) mass is 382 g/mol. The summed E-state index contributed by atoms with van der Waals surface area (Å²) in [6, 6.07) is 8.89. The molecule has 1 aromatic rings. The Morgan fingerprint density at radius 2 is 1.70 bits per heavy atom. The Labute approximate surface area is 145 Å². The van der Waals surface area contributed by atoms with Crippen LogP contribution in [-0.4, -0.2) is 0 Å². The Balaban J connectivity index is 0.000001000. The van der Waals surface area contributed by atoms with Gasteiger partial charge in [0.25, 0.3) is 0 Å². The molecule has 0 saturated heterocycles. The van der Waals surface area contributed by atoms with Crippen LogP contribution in [0.15, 0.2) is 50.3 Å². The van der Waals surface area contributed by atoms with Crippen LogP contribution >= 0.6 is 0 Å². The van der Waals surface area contributed by atoms with Crippen molar-refractivity contribution in [2.24, 2.45) is 0 Å². The Hall–Kier alpha value is -0.0969. The van der Waals surface area contributed by atoms with Crippen LogP contribution in [0.25, 0.3) is 6.08 Å². The minimum Gasteiger partial charge on any atom is -1.00 e. The second-order valence-corrected chi connectivity index (χ2v) is 8.81. The van der Waals surface area contributed by atoms with E-state index in [1.165, 1.54) is 12.0 Å². The molecule has 0 N–H and O–H groups in total. The van der Waals surface area contributed by atoms with Crippen LogP contribution in [0.1, 0.15) is 41.9 Å². The summed E-state index contributed by atoms with van der Waals surface area (Å²) in [5.74, 6) is 0. The molecule has 0 amide bonds. The zero-order valence-electron chi connectivity index (χ0n) is 12.0. The molecule has 2 aliphatic rings. The SMILES string of the molecule is CC1=C(C)[C]([Zr+2][CH]2C=Cc3ccccc32)=C(C)C1.[Cl-].[Cl-]. The summed E-state index contributed by atoms with van der Waals surface area (Å²) >= 11 is -0.551. The normalized spacial score (nSPS) is 19.4. The van der Waals surface area contributed by atoms with E-state index in [0.29, 0.717) is 0 Å². The zero-order chi connectivity index (χ0) is 12.7. The average Bonchev–Trinajstić information content (AvgIpc) is 2.87. The largest absolute Gasteiger partial charge is 1.00 e. The van der Waals surface area contributed by atoms with Gasteiger partial charge in [0, 0.05) is 0 Å². The molecule has 0 saturated carbocycles. The molecule has 2 aliphatic carbocycles. The molecule has 104 valence electrons. The van der Waals surface area contributed by atoms with Gasteiger partial charge in [0.05, 0.1) is 0 Å². The number of benzene rings is 1. The summed E-state index contributed by atoms with van der Waals surface area (Å²) in [7, 11) is 0.